The Morgan fingerprint density at radius 1 is 0.525 bits per heavy atom. The summed E-state index contributed by atoms with van der Waals surface area (Å²) in [5.41, 5.74) is 5.08. The lowest BCUT2D eigenvalue weighted by Gasteiger charge is -2.19. The van der Waals surface area contributed by atoms with E-state index in [2.05, 4.69) is 38.2 Å². The van der Waals surface area contributed by atoms with Crippen LogP contribution in [0.2, 0.25) is 0 Å². The molecule has 1 saturated carbocycles. The molecule has 1 aliphatic carbocycles. The summed E-state index contributed by atoms with van der Waals surface area (Å²) in [5, 5.41) is 10.2. The van der Waals surface area contributed by atoms with E-state index in [1.165, 1.54) is 59.3 Å². The summed E-state index contributed by atoms with van der Waals surface area (Å²) >= 11 is 0. The number of rotatable bonds is 6. The van der Waals surface area contributed by atoms with Crippen LogP contribution in [0.1, 0.15) is 73.3 Å². The molecule has 0 radical (unpaired) electrons. The molecule has 7 heterocycles. The highest BCUT2D eigenvalue weighted by molar-refractivity contribution is 5.86. The molecular weight excluding hydrogens is 793 g/mol. The summed E-state index contributed by atoms with van der Waals surface area (Å²) < 4.78 is 81.4. The highest BCUT2D eigenvalue weighted by Gasteiger charge is 2.34. The molecule has 1 atom stereocenters. The van der Waals surface area contributed by atoms with E-state index in [-0.39, 0.29) is 11.6 Å². The molecule has 1 saturated heterocycles. The molecule has 15 heteroatoms. The van der Waals surface area contributed by atoms with Crippen LogP contribution in [0.15, 0.2) is 122 Å². The Kier molecular flexibility index (Phi) is 10.6. The molecule has 2 aromatic carbocycles. The Hall–Kier alpha value is -6.48. The van der Waals surface area contributed by atoms with Crippen molar-refractivity contribution >= 4 is 21.8 Å². The molecule has 2 fully saturated rings. The number of aromatic nitrogens is 8. The van der Waals surface area contributed by atoms with Gasteiger partial charge in [-0.3, -0.25) is 14.9 Å². The lowest BCUT2D eigenvalue weighted by atomic mass is 10.0. The van der Waals surface area contributed by atoms with Crippen molar-refractivity contribution in [2.24, 2.45) is 0 Å². The van der Waals surface area contributed by atoms with Gasteiger partial charge in [-0.1, -0.05) is 61.4 Å². The third-order valence-corrected chi connectivity index (χ3v) is 11.4. The van der Waals surface area contributed by atoms with Gasteiger partial charge >= 0.3 is 12.4 Å². The Morgan fingerprint density at radius 2 is 1.02 bits per heavy atom. The minimum atomic E-state index is -4.51. The van der Waals surface area contributed by atoms with Gasteiger partial charge in [-0.05, 0) is 99.9 Å². The van der Waals surface area contributed by atoms with Crippen molar-refractivity contribution < 1.29 is 26.3 Å². The fraction of sp³-hybridized carbons (Fsp3) is 0.261. The fourth-order valence-corrected chi connectivity index (χ4v) is 8.26. The van der Waals surface area contributed by atoms with Crippen molar-refractivity contribution in [2.75, 3.05) is 13.6 Å². The first kappa shape index (κ1) is 40.0. The molecule has 0 bridgehead atoms. The number of hydrogen-bond donors (Lipinski definition) is 0. The molecule has 0 spiro atoms. The summed E-state index contributed by atoms with van der Waals surface area (Å²) in [6.45, 7) is 1.06. The van der Waals surface area contributed by atoms with E-state index in [0.29, 0.717) is 23.0 Å². The maximum atomic E-state index is 13.1. The van der Waals surface area contributed by atoms with Crippen molar-refractivity contribution in [3.8, 4) is 34.2 Å². The van der Waals surface area contributed by atoms with Crippen molar-refractivity contribution in [3.05, 3.63) is 144 Å². The second kappa shape index (κ2) is 16.2. The molecule has 8 aromatic rings. The van der Waals surface area contributed by atoms with Gasteiger partial charge in [0.2, 0.25) is 0 Å². The van der Waals surface area contributed by atoms with E-state index >= 15 is 0 Å². The maximum Gasteiger partial charge on any atom is 0.433 e. The largest absolute Gasteiger partial charge is 0.433 e. The zero-order chi connectivity index (χ0) is 42.3. The molecule has 1 aliphatic heterocycles. The first-order valence-corrected chi connectivity index (χ1v) is 20.1. The van der Waals surface area contributed by atoms with Gasteiger partial charge in [0.25, 0.3) is 0 Å². The van der Waals surface area contributed by atoms with E-state index in [9.17, 15) is 26.3 Å². The number of fused-ring (bicyclic) bond motifs is 2. The van der Waals surface area contributed by atoms with Crippen LogP contribution in [0.4, 0.5) is 26.3 Å². The highest BCUT2D eigenvalue weighted by Crippen LogP contribution is 2.36. The number of benzene rings is 2. The second-order valence-electron chi connectivity index (χ2n) is 15.4. The lowest BCUT2D eigenvalue weighted by Crippen LogP contribution is -2.18. The molecular formula is C46H39F6N9. The molecule has 9 nitrogen and oxygen atoms in total. The van der Waals surface area contributed by atoms with Crippen molar-refractivity contribution in [3.63, 3.8) is 0 Å². The van der Waals surface area contributed by atoms with Gasteiger partial charge in [0.1, 0.15) is 11.4 Å². The molecule has 2 aliphatic rings. The third-order valence-electron chi connectivity index (χ3n) is 11.4. The molecule has 6 aromatic heterocycles. The first-order chi connectivity index (χ1) is 29.4. The molecule has 1 unspecified atom stereocenters. The summed E-state index contributed by atoms with van der Waals surface area (Å²) in [7, 11) is 2.11. The van der Waals surface area contributed by atoms with E-state index in [4.69, 9.17) is 9.97 Å². The van der Waals surface area contributed by atoms with Crippen LogP contribution >= 0.6 is 0 Å². The fourth-order valence-electron chi connectivity index (χ4n) is 8.26. The zero-order valence-electron chi connectivity index (χ0n) is 32.9. The van der Waals surface area contributed by atoms with Crippen LogP contribution in [0.25, 0.3) is 56.0 Å². The van der Waals surface area contributed by atoms with Crippen molar-refractivity contribution in [2.45, 2.75) is 62.8 Å². The third kappa shape index (κ3) is 8.34. The number of alkyl halides is 6. The van der Waals surface area contributed by atoms with Gasteiger partial charge in [0.05, 0.1) is 46.6 Å². The smallest absolute Gasteiger partial charge is 0.298 e. The number of likely N-dealkylation sites (tertiary alicyclic amines) is 1. The van der Waals surface area contributed by atoms with Crippen molar-refractivity contribution in [1.29, 1.82) is 0 Å². The van der Waals surface area contributed by atoms with Crippen LogP contribution in [-0.4, -0.2) is 58.0 Å². The Bertz CT molecular complexity index is 2840. The van der Waals surface area contributed by atoms with Gasteiger partial charge in [-0.15, -0.1) is 0 Å². The van der Waals surface area contributed by atoms with Crippen LogP contribution in [0.3, 0.4) is 0 Å². The number of hydrogen-bond acceptors (Lipinski definition) is 7. The predicted octanol–water partition coefficient (Wildman–Crippen LogP) is 11.4. The maximum absolute atomic E-state index is 13.1. The van der Waals surface area contributed by atoms with E-state index in [1.807, 2.05) is 66.7 Å². The van der Waals surface area contributed by atoms with E-state index < -0.39 is 23.7 Å². The van der Waals surface area contributed by atoms with Gasteiger partial charge < -0.3 is 0 Å². The minimum Gasteiger partial charge on any atom is -0.298 e. The number of pyridine rings is 4. The normalized spacial score (nSPS) is 16.3. The Balaban J connectivity index is 0.000000156. The van der Waals surface area contributed by atoms with Crippen LogP contribution in [0, 0.1) is 0 Å². The second-order valence-corrected chi connectivity index (χ2v) is 15.4. The van der Waals surface area contributed by atoms with Crippen LogP contribution < -0.4 is 0 Å². The molecule has 0 N–H and O–H groups in total. The molecule has 310 valence electrons. The summed E-state index contributed by atoms with van der Waals surface area (Å²) in [4.78, 5) is 19.6. The van der Waals surface area contributed by atoms with E-state index in [1.54, 1.807) is 12.4 Å². The molecule has 61 heavy (non-hydrogen) atoms. The lowest BCUT2D eigenvalue weighted by molar-refractivity contribution is -0.141. The van der Waals surface area contributed by atoms with Gasteiger partial charge in [-0.25, -0.2) is 19.3 Å². The number of nitrogens with zero attached hydrogens (tertiary/aromatic N) is 9. The van der Waals surface area contributed by atoms with Crippen LogP contribution in [0.5, 0.6) is 0 Å². The average Bonchev–Trinajstić information content (AvgIpc) is 4.11. The Labute approximate surface area is 346 Å². The summed E-state index contributed by atoms with van der Waals surface area (Å²) in [6.07, 6.45) is 1.30. The number of halogens is 6. The zero-order valence-corrected chi connectivity index (χ0v) is 32.9. The van der Waals surface area contributed by atoms with Gasteiger partial charge in [0.15, 0.2) is 11.6 Å². The Morgan fingerprint density at radius 3 is 1.51 bits per heavy atom. The predicted molar refractivity (Wildman–Crippen MR) is 220 cm³/mol. The highest BCUT2D eigenvalue weighted by atomic mass is 19.4. The van der Waals surface area contributed by atoms with E-state index in [0.717, 1.165) is 76.2 Å². The molecule has 10 rings (SSSR count). The SMILES string of the molecule is CN1CCCC1c1cccc(-c2ccc3cnn(-c4cccc(C(F)(F)F)n4)c3c2)n1.FC(F)(F)c1cccc(-n2ncc3ccc(-c4cccc(C5CCCC5)n4)cc32)n1. The molecule has 0 amide bonds. The van der Waals surface area contributed by atoms with Crippen molar-refractivity contribution in [1.82, 2.24) is 44.4 Å². The van der Waals surface area contributed by atoms with Gasteiger partial charge in [0, 0.05) is 33.5 Å². The van der Waals surface area contributed by atoms with Gasteiger partial charge in [-0.2, -0.15) is 36.5 Å². The van der Waals surface area contributed by atoms with Crippen LogP contribution in [-0.2, 0) is 12.4 Å². The monoisotopic (exact) mass is 831 g/mol. The summed E-state index contributed by atoms with van der Waals surface area (Å²) in [5.74, 6) is 0.759. The average molecular weight is 832 g/mol. The first-order valence-electron chi connectivity index (χ1n) is 20.1. The minimum absolute atomic E-state index is 0.122. The quantitative estimate of drug-likeness (QED) is 0.154. The topological polar surface area (TPSA) is 90.4 Å². The standard InChI is InChI=1S/C23H20F3N5.C23H19F3N4/c1-30-12-4-7-19(30)18-6-2-5-17(28-18)15-10-11-16-14-27-31(20(16)13-15)22-9-3-8-21(29-22)23(24,25)26;24-23(25,26)21-9-4-10-22(29-21)30-20-13-16(11-12-17(20)14-27-30)19-8-3-7-18(28-19)15-5-1-2-6-15/h2-3,5-6,8-11,13-14,19H,4,7,12H2,1H3;3-4,7-15H,1-2,5-6H2. The summed E-state index contributed by atoms with van der Waals surface area (Å²) in [6, 6.07) is 31.5.